The molecular formula is C28H24ClNO. The Bertz CT molecular complexity index is 1220. The Morgan fingerprint density at radius 2 is 1.61 bits per heavy atom. The minimum absolute atomic E-state index is 0.0783. The van der Waals surface area contributed by atoms with Gasteiger partial charge in [-0.3, -0.25) is 4.90 Å². The summed E-state index contributed by atoms with van der Waals surface area (Å²) in [6.07, 6.45) is 1.20. The maximum Gasteiger partial charge on any atom is 0.156 e. The molecule has 2 nitrogen and oxygen atoms in total. The third-order valence-corrected chi connectivity index (χ3v) is 7.10. The predicted octanol–water partition coefficient (Wildman–Crippen LogP) is 6.87. The zero-order chi connectivity index (χ0) is 20.8. The largest absolute Gasteiger partial charge is 0.474 e. The highest BCUT2D eigenvalue weighted by Gasteiger charge is 2.46. The summed E-state index contributed by atoms with van der Waals surface area (Å²) < 4.78 is 6.72. The van der Waals surface area contributed by atoms with Gasteiger partial charge in [0.1, 0.15) is 5.75 Å². The molecular weight excluding hydrogens is 402 g/mol. The van der Waals surface area contributed by atoms with E-state index < -0.39 is 0 Å². The average Bonchev–Trinajstić information content (AvgIpc) is 3.21. The van der Waals surface area contributed by atoms with Crippen molar-refractivity contribution < 1.29 is 4.74 Å². The van der Waals surface area contributed by atoms with Crippen molar-refractivity contribution in [3.05, 3.63) is 113 Å². The summed E-state index contributed by atoms with van der Waals surface area (Å²) in [4.78, 5) is 2.50. The van der Waals surface area contributed by atoms with Crippen molar-refractivity contribution in [1.82, 2.24) is 4.90 Å². The van der Waals surface area contributed by atoms with Crippen molar-refractivity contribution >= 4 is 22.4 Å². The van der Waals surface area contributed by atoms with Crippen molar-refractivity contribution in [1.29, 1.82) is 0 Å². The second kappa shape index (κ2) is 7.71. The highest BCUT2D eigenvalue weighted by Crippen LogP contribution is 2.51. The summed E-state index contributed by atoms with van der Waals surface area (Å²) in [6, 6.07) is 32.1. The minimum atomic E-state index is 0.0783. The first-order chi connectivity index (χ1) is 15.3. The van der Waals surface area contributed by atoms with Gasteiger partial charge in [-0.05, 0) is 46.5 Å². The molecule has 2 aliphatic heterocycles. The summed E-state index contributed by atoms with van der Waals surface area (Å²) >= 11 is 6.24. The van der Waals surface area contributed by atoms with Gasteiger partial charge in [-0.2, -0.15) is 0 Å². The quantitative estimate of drug-likeness (QED) is 0.355. The maximum atomic E-state index is 6.72. The molecule has 31 heavy (non-hydrogen) atoms. The Labute approximate surface area is 188 Å². The van der Waals surface area contributed by atoms with Crippen LogP contribution < -0.4 is 4.74 Å². The molecule has 6 rings (SSSR count). The van der Waals surface area contributed by atoms with Crippen molar-refractivity contribution in [2.45, 2.75) is 25.1 Å². The molecule has 2 aliphatic rings. The van der Waals surface area contributed by atoms with Crippen LogP contribution in [0, 0.1) is 5.92 Å². The van der Waals surface area contributed by atoms with Crippen LogP contribution in [-0.4, -0.2) is 17.7 Å². The third kappa shape index (κ3) is 3.31. The van der Waals surface area contributed by atoms with Gasteiger partial charge in [-0.1, -0.05) is 84.4 Å². The Morgan fingerprint density at radius 1 is 0.839 bits per heavy atom. The lowest BCUT2D eigenvalue weighted by molar-refractivity contribution is 0.00826. The van der Waals surface area contributed by atoms with Crippen molar-refractivity contribution in [3.63, 3.8) is 0 Å². The lowest BCUT2D eigenvalue weighted by Gasteiger charge is -2.39. The van der Waals surface area contributed by atoms with Crippen LogP contribution in [0.1, 0.15) is 29.0 Å². The molecule has 1 saturated heterocycles. The molecule has 0 radical (unpaired) electrons. The Hall–Kier alpha value is -2.81. The van der Waals surface area contributed by atoms with E-state index in [2.05, 4.69) is 83.8 Å². The van der Waals surface area contributed by atoms with Crippen LogP contribution >= 0.6 is 11.6 Å². The molecule has 1 fully saturated rings. The van der Waals surface area contributed by atoms with E-state index in [1.54, 1.807) is 0 Å². The molecule has 3 atom stereocenters. The Balaban J connectivity index is 1.47. The molecule has 3 heteroatoms. The summed E-state index contributed by atoms with van der Waals surface area (Å²) in [5.41, 5.74) is 3.98. The number of hydrogen-bond acceptors (Lipinski definition) is 2. The van der Waals surface area contributed by atoms with Crippen LogP contribution in [0.25, 0.3) is 10.8 Å². The van der Waals surface area contributed by atoms with Gasteiger partial charge in [0.2, 0.25) is 0 Å². The minimum Gasteiger partial charge on any atom is -0.474 e. The van der Waals surface area contributed by atoms with Gasteiger partial charge in [0.05, 0.1) is 0 Å². The van der Waals surface area contributed by atoms with E-state index in [4.69, 9.17) is 16.3 Å². The molecule has 0 spiro atoms. The highest BCUT2D eigenvalue weighted by molar-refractivity contribution is 6.30. The summed E-state index contributed by atoms with van der Waals surface area (Å²) in [7, 11) is 0. The predicted molar refractivity (Wildman–Crippen MR) is 127 cm³/mol. The molecule has 0 saturated carbocycles. The number of halogens is 1. The first-order valence-electron chi connectivity index (χ1n) is 11.0. The van der Waals surface area contributed by atoms with E-state index in [1.807, 2.05) is 12.1 Å². The normalized spacial score (nSPS) is 22.7. The number of likely N-dealkylation sites (tertiary alicyclic amines) is 1. The summed E-state index contributed by atoms with van der Waals surface area (Å²) in [5, 5.41) is 3.34. The van der Waals surface area contributed by atoms with Crippen LogP contribution in [0.2, 0.25) is 5.02 Å². The van der Waals surface area contributed by atoms with E-state index in [0.717, 1.165) is 30.3 Å². The Kier molecular flexibility index (Phi) is 4.70. The summed E-state index contributed by atoms with van der Waals surface area (Å²) in [5.74, 6) is 1.71. The molecule has 0 aliphatic carbocycles. The van der Waals surface area contributed by atoms with Crippen LogP contribution in [0.15, 0.2) is 91.0 Å². The molecule has 4 aromatic rings. The summed E-state index contributed by atoms with van der Waals surface area (Å²) in [6.45, 7) is 1.96. The van der Waals surface area contributed by atoms with Crippen molar-refractivity contribution in [3.8, 4) is 5.75 Å². The van der Waals surface area contributed by atoms with Gasteiger partial charge in [0.15, 0.2) is 6.23 Å². The lowest BCUT2D eigenvalue weighted by Crippen LogP contribution is -2.42. The van der Waals surface area contributed by atoms with E-state index in [-0.39, 0.29) is 12.1 Å². The zero-order valence-corrected chi connectivity index (χ0v) is 18.0. The number of hydrogen-bond donors (Lipinski definition) is 0. The topological polar surface area (TPSA) is 12.5 Å². The molecule has 0 aromatic heterocycles. The fourth-order valence-corrected chi connectivity index (χ4v) is 5.59. The van der Waals surface area contributed by atoms with Gasteiger partial charge in [-0.15, -0.1) is 0 Å². The molecule has 0 amide bonds. The first-order valence-corrected chi connectivity index (χ1v) is 11.4. The molecule has 2 heterocycles. The fraction of sp³-hybridized carbons (Fsp3) is 0.214. The second-order valence-corrected chi connectivity index (χ2v) is 9.08. The number of ether oxygens (including phenoxy) is 1. The van der Waals surface area contributed by atoms with Crippen LogP contribution in [0.4, 0.5) is 0 Å². The van der Waals surface area contributed by atoms with E-state index >= 15 is 0 Å². The number of nitrogens with zero attached hydrogens (tertiary/aromatic N) is 1. The van der Waals surface area contributed by atoms with Gasteiger partial charge < -0.3 is 4.74 Å². The average molecular weight is 426 g/mol. The smallest absolute Gasteiger partial charge is 0.156 e. The molecule has 154 valence electrons. The third-order valence-electron chi connectivity index (χ3n) is 6.85. The SMILES string of the molecule is Clc1ccc([C@H]2c3c(ccc4ccccc34)O[C@H]3[C@@H]2CCN3Cc2ccccc2)cc1. The van der Waals surface area contributed by atoms with E-state index in [0.29, 0.717) is 5.92 Å². The maximum absolute atomic E-state index is 6.72. The van der Waals surface area contributed by atoms with Gasteiger partial charge >= 0.3 is 0 Å². The molecule has 4 aromatic carbocycles. The number of benzene rings is 4. The fourth-order valence-electron chi connectivity index (χ4n) is 5.46. The molecule has 0 unspecified atom stereocenters. The molecule has 0 bridgehead atoms. The van der Waals surface area contributed by atoms with E-state index in [9.17, 15) is 0 Å². The van der Waals surface area contributed by atoms with Gasteiger partial charge in [0.25, 0.3) is 0 Å². The van der Waals surface area contributed by atoms with Crippen LogP contribution in [-0.2, 0) is 6.54 Å². The van der Waals surface area contributed by atoms with Crippen LogP contribution in [0.5, 0.6) is 5.75 Å². The number of rotatable bonds is 3. The Morgan fingerprint density at radius 3 is 2.45 bits per heavy atom. The standard InChI is InChI=1S/C28H24ClNO/c29-22-13-10-21(11-14-22)26-24-16-17-30(18-19-6-2-1-3-7-19)28(24)31-25-15-12-20-8-4-5-9-23(20)27(25)26/h1-15,24,26,28H,16-18H2/t24-,26-,28+/m1/s1. The zero-order valence-electron chi connectivity index (χ0n) is 17.2. The van der Waals surface area contributed by atoms with Gasteiger partial charge in [-0.25, -0.2) is 0 Å². The van der Waals surface area contributed by atoms with Gasteiger partial charge in [0, 0.05) is 35.5 Å². The second-order valence-electron chi connectivity index (χ2n) is 8.64. The van der Waals surface area contributed by atoms with Crippen LogP contribution in [0.3, 0.4) is 0 Å². The molecule has 0 N–H and O–H groups in total. The highest BCUT2D eigenvalue weighted by atomic mass is 35.5. The number of fused-ring (bicyclic) bond motifs is 4. The lowest BCUT2D eigenvalue weighted by atomic mass is 9.76. The van der Waals surface area contributed by atoms with Crippen molar-refractivity contribution in [2.75, 3.05) is 6.54 Å². The van der Waals surface area contributed by atoms with Crippen molar-refractivity contribution in [2.24, 2.45) is 5.92 Å². The first kappa shape index (κ1) is 18.9. The monoisotopic (exact) mass is 425 g/mol. The van der Waals surface area contributed by atoms with E-state index in [1.165, 1.54) is 27.5 Å².